The molecule has 2 aliphatic heterocycles. The van der Waals surface area contributed by atoms with E-state index in [-0.39, 0.29) is 23.9 Å². The van der Waals surface area contributed by atoms with Gasteiger partial charge in [0.05, 0.1) is 25.3 Å². The van der Waals surface area contributed by atoms with Crippen molar-refractivity contribution in [1.29, 1.82) is 0 Å². The Morgan fingerprint density at radius 3 is 2.80 bits per heavy atom. The van der Waals surface area contributed by atoms with Crippen LogP contribution in [-0.2, 0) is 6.42 Å². The number of pyridine rings is 1. The zero-order valence-electron chi connectivity index (χ0n) is 24.0. The first-order valence-electron chi connectivity index (χ1n) is 14.6. The zero-order valence-corrected chi connectivity index (χ0v) is 24.0. The largest absolute Gasteiger partial charge is 0.497 e. The number of ether oxygens (including phenoxy) is 2. The zero-order chi connectivity index (χ0) is 28.5. The summed E-state index contributed by atoms with van der Waals surface area (Å²) in [5, 5.41) is 6.37. The summed E-state index contributed by atoms with van der Waals surface area (Å²) in [6.07, 6.45) is 6.67. The van der Waals surface area contributed by atoms with Crippen LogP contribution in [0.1, 0.15) is 76.1 Å². The molecule has 4 atom stereocenters. The van der Waals surface area contributed by atoms with Crippen LogP contribution in [0.25, 0.3) is 0 Å². The fourth-order valence-corrected chi connectivity index (χ4v) is 6.77. The predicted molar refractivity (Wildman–Crippen MR) is 158 cm³/mol. The molecule has 0 spiro atoms. The molecule has 214 valence electrons. The molecule has 8 heteroatoms. The number of aromatic nitrogens is 1. The van der Waals surface area contributed by atoms with E-state index in [1.807, 2.05) is 62.4 Å². The highest BCUT2D eigenvalue weighted by atomic mass is 16.5. The number of anilines is 1. The van der Waals surface area contributed by atoms with Crippen LogP contribution in [0, 0.1) is 12.8 Å². The Kier molecular flexibility index (Phi) is 7.56. The molecule has 3 aliphatic rings. The topological polar surface area (TPSA) is 92.8 Å². The maximum atomic E-state index is 13.2. The number of piperidine rings is 1. The number of fused-ring (bicyclic) bond motifs is 2. The fourth-order valence-electron chi connectivity index (χ4n) is 6.77. The second-order valence-electron chi connectivity index (χ2n) is 11.5. The van der Waals surface area contributed by atoms with E-state index >= 15 is 0 Å². The third-order valence-corrected chi connectivity index (χ3v) is 8.96. The van der Waals surface area contributed by atoms with Gasteiger partial charge in [0.2, 0.25) is 0 Å². The van der Waals surface area contributed by atoms with Crippen LogP contribution < -0.4 is 25.0 Å². The number of benzene rings is 2. The molecule has 2 aromatic carbocycles. The molecule has 2 fully saturated rings. The summed E-state index contributed by atoms with van der Waals surface area (Å²) in [7, 11) is 1.63. The van der Waals surface area contributed by atoms with Gasteiger partial charge in [-0.3, -0.25) is 9.59 Å². The average molecular weight is 555 g/mol. The number of nitrogens with zero attached hydrogens (tertiary/aromatic N) is 2. The normalized spacial score (nSPS) is 21.8. The number of carbonyl (C=O) groups is 2. The Morgan fingerprint density at radius 1 is 1.12 bits per heavy atom. The van der Waals surface area contributed by atoms with Gasteiger partial charge in [-0.2, -0.15) is 0 Å². The summed E-state index contributed by atoms with van der Waals surface area (Å²) >= 11 is 0. The Balaban J connectivity index is 1.09. The van der Waals surface area contributed by atoms with Gasteiger partial charge in [-0.15, -0.1) is 0 Å². The Morgan fingerprint density at radius 2 is 2.00 bits per heavy atom. The van der Waals surface area contributed by atoms with Crippen LogP contribution in [-0.4, -0.2) is 49.1 Å². The molecule has 41 heavy (non-hydrogen) atoms. The van der Waals surface area contributed by atoms with Gasteiger partial charge >= 0.3 is 0 Å². The summed E-state index contributed by atoms with van der Waals surface area (Å²) < 4.78 is 11.1. The second kappa shape index (κ2) is 11.4. The highest BCUT2D eigenvalue weighted by Crippen LogP contribution is 2.39. The third kappa shape index (κ3) is 5.47. The SMILES string of the molecule is COc1cccc([C@H](C)NC(=O)c2ccc(N3CCCC4CC(NC(=O)c5ccc6c(c5C)OCC6)CC43)nc2)c1. The number of nitrogens with one attached hydrogen (secondary N) is 2. The molecular formula is C33H38N4O4. The van der Waals surface area contributed by atoms with Gasteiger partial charge in [0.15, 0.2) is 0 Å². The molecule has 6 rings (SSSR count). The number of amides is 2. The van der Waals surface area contributed by atoms with Crippen molar-refractivity contribution < 1.29 is 19.1 Å². The molecule has 8 nitrogen and oxygen atoms in total. The molecule has 2 N–H and O–H groups in total. The van der Waals surface area contributed by atoms with Crippen LogP contribution >= 0.6 is 0 Å². The van der Waals surface area contributed by atoms with Crippen LogP contribution in [0.15, 0.2) is 54.7 Å². The fraction of sp³-hybridized carbons (Fsp3) is 0.424. The Labute approximate surface area is 241 Å². The summed E-state index contributed by atoms with van der Waals surface area (Å²) in [4.78, 5) is 33.3. The lowest BCUT2D eigenvalue weighted by atomic mass is 9.92. The van der Waals surface area contributed by atoms with Crippen LogP contribution in [0.5, 0.6) is 11.5 Å². The van der Waals surface area contributed by atoms with Crippen molar-refractivity contribution in [2.45, 2.75) is 64.1 Å². The monoisotopic (exact) mass is 554 g/mol. The van der Waals surface area contributed by atoms with E-state index in [9.17, 15) is 9.59 Å². The van der Waals surface area contributed by atoms with Crippen molar-refractivity contribution in [3.05, 3.63) is 82.5 Å². The lowest BCUT2D eigenvalue weighted by molar-refractivity contribution is 0.0929. The quantitative estimate of drug-likeness (QED) is 0.427. The van der Waals surface area contributed by atoms with Crippen molar-refractivity contribution in [2.75, 3.05) is 25.2 Å². The first-order valence-corrected chi connectivity index (χ1v) is 14.6. The van der Waals surface area contributed by atoms with Gasteiger partial charge in [0.1, 0.15) is 17.3 Å². The molecule has 0 radical (unpaired) electrons. The molecule has 3 heterocycles. The molecule has 3 unspecified atom stereocenters. The van der Waals surface area contributed by atoms with E-state index in [0.717, 1.165) is 67.1 Å². The summed E-state index contributed by atoms with van der Waals surface area (Å²) in [5.74, 6) is 2.85. The van der Waals surface area contributed by atoms with E-state index in [1.54, 1.807) is 13.3 Å². The minimum Gasteiger partial charge on any atom is -0.497 e. The van der Waals surface area contributed by atoms with Gasteiger partial charge < -0.3 is 25.0 Å². The van der Waals surface area contributed by atoms with E-state index < -0.39 is 0 Å². The molecule has 1 aliphatic carbocycles. The summed E-state index contributed by atoms with van der Waals surface area (Å²) in [5.41, 5.74) is 4.32. The van der Waals surface area contributed by atoms with Crippen LogP contribution in [0.4, 0.5) is 5.82 Å². The van der Waals surface area contributed by atoms with Gasteiger partial charge in [-0.1, -0.05) is 18.2 Å². The molecule has 2 amide bonds. The Bertz CT molecular complexity index is 1440. The second-order valence-corrected chi connectivity index (χ2v) is 11.5. The molecular weight excluding hydrogens is 516 g/mol. The lowest BCUT2D eigenvalue weighted by Crippen LogP contribution is -2.43. The lowest BCUT2D eigenvalue weighted by Gasteiger charge is -2.38. The average Bonchev–Trinajstić information content (AvgIpc) is 3.64. The standard InChI is InChI=1S/C33H38N4O4/c1-20-28(11-9-22-13-15-41-31(20)22)33(39)36-26-16-24-7-5-14-37(29(24)18-26)30-12-10-25(19-34-30)32(38)35-21(2)23-6-4-8-27(17-23)40-3/h4,6,8-12,17,19,21,24,26,29H,5,7,13-16,18H2,1-3H3,(H,35,38)(H,36,39)/t21-,24?,26?,29?/m0/s1. The smallest absolute Gasteiger partial charge is 0.253 e. The molecule has 3 aromatic rings. The van der Waals surface area contributed by atoms with Crippen molar-refractivity contribution in [1.82, 2.24) is 15.6 Å². The number of methoxy groups -OCH3 is 1. The molecule has 1 saturated carbocycles. The number of rotatable bonds is 7. The summed E-state index contributed by atoms with van der Waals surface area (Å²) in [6, 6.07) is 15.7. The van der Waals surface area contributed by atoms with Gasteiger partial charge in [0.25, 0.3) is 11.8 Å². The van der Waals surface area contributed by atoms with E-state index in [1.165, 1.54) is 5.56 Å². The van der Waals surface area contributed by atoms with Gasteiger partial charge in [-0.05, 0) is 86.9 Å². The first-order chi connectivity index (χ1) is 19.9. The summed E-state index contributed by atoms with van der Waals surface area (Å²) in [6.45, 7) is 5.54. The number of hydrogen-bond acceptors (Lipinski definition) is 6. The Hall–Kier alpha value is -4.07. The number of hydrogen-bond donors (Lipinski definition) is 2. The molecule has 0 bridgehead atoms. The minimum absolute atomic E-state index is 0.0207. The van der Waals surface area contributed by atoms with Gasteiger partial charge in [0, 0.05) is 42.4 Å². The molecule has 1 aromatic heterocycles. The highest BCUT2D eigenvalue weighted by molar-refractivity contribution is 5.97. The first kappa shape index (κ1) is 27.1. The highest BCUT2D eigenvalue weighted by Gasteiger charge is 2.41. The maximum absolute atomic E-state index is 13.2. The van der Waals surface area contributed by atoms with E-state index in [2.05, 4.69) is 15.5 Å². The predicted octanol–water partition coefficient (Wildman–Crippen LogP) is 5.00. The van der Waals surface area contributed by atoms with Crippen molar-refractivity contribution in [3.63, 3.8) is 0 Å². The van der Waals surface area contributed by atoms with Crippen LogP contribution in [0.3, 0.4) is 0 Å². The van der Waals surface area contributed by atoms with E-state index in [0.29, 0.717) is 29.7 Å². The maximum Gasteiger partial charge on any atom is 0.253 e. The van der Waals surface area contributed by atoms with Crippen molar-refractivity contribution in [2.24, 2.45) is 5.92 Å². The van der Waals surface area contributed by atoms with Crippen molar-refractivity contribution >= 4 is 17.6 Å². The third-order valence-electron chi connectivity index (χ3n) is 8.96. The van der Waals surface area contributed by atoms with Gasteiger partial charge in [-0.25, -0.2) is 4.98 Å². The van der Waals surface area contributed by atoms with Crippen LogP contribution in [0.2, 0.25) is 0 Å². The number of carbonyl (C=O) groups excluding carboxylic acids is 2. The van der Waals surface area contributed by atoms with Crippen molar-refractivity contribution in [3.8, 4) is 11.5 Å². The molecule has 1 saturated heterocycles. The van der Waals surface area contributed by atoms with E-state index in [4.69, 9.17) is 14.5 Å². The minimum atomic E-state index is -0.168.